The third-order valence-electron chi connectivity index (χ3n) is 2.10. The zero-order chi connectivity index (χ0) is 8.97. The Morgan fingerprint density at radius 3 is 2.33 bits per heavy atom. The molecule has 0 heteroatoms. The van der Waals surface area contributed by atoms with E-state index >= 15 is 0 Å². The van der Waals surface area contributed by atoms with E-state index in [1.165, 1.54) is 11.1 Å². The van der Waals surface area contributed by atoms with E-state index in [2.05, 4.69) is 37.1 Å². The predicted octanol–water partition coefficient (Wildman–Crippen LogP) is 2.94. The quantitative estimate of drug-likeness (QED) is 0.579. The molecule has 0 aliphatic rings. The summed E-state index contributed by atoms with van der Waals surface area (Å²) in [5.74, 6) is 2.59. The predicted molar refractivity (Wildman–Crippen MR) is 51.4 cm³/mol. The van der Waals surface area contributed by atoms with E-state index in [1.54, 1.807) is 0 Å². The highest BCUT2D eigenvalue weighted by molar-refractivity contribution is 5.28. The van der Waals surface area contributed by atoms with Crippen LogP contribution in [0, 0.1) is 12.3 Å². The smallest absolute Gasteiger partial charge is 0.0434 e. The van der Waals surface area contributed by atoms with Crippen LogP contribution >= 0.6 is 0 Å². The van der Waals surface area contributed by atoms with Crippen LogP contribution in [0.3, 0.4) is 0 Å². The van der Waals surface area contributed by atoms with Crippen LogP contribution in [-0.2, 0) is 6.42 Å². The van der Waals surface area contributed by atoms with Crippen LogP contribution in [-0.4, -0.2) is 0 Å². The average Bonchev–Trinajstić information content (AvgIpc) is 2.17. The molecule has 0 aliphatic carbocycles. The van der Waals surface area contributed by atoms with Crippen LogP contribution < -0.4 is 0 Å². The van der Waals surface area contributed by atoms with Gasteiger partial charge in [0, 0.05) is 5.92 Å². The van der Waals surface area contributed by atoms with Crippen molar-refractivity contribution < 1.29 is 0 Å². The molecule has 0 nitrogen and oxygen atoms in total. The Bertz CT molecular complexity index is 274. The molecule has 0 N–H and O–H groups in total. The third-order valence-corrected chi connectivity index (χ3v) is 2.10. The van der Waals surface area contributed by atoms with Crippen LogP contribution in [0.1, 0.15) is 30.9 Å². The van der Waals surface area contributed by atoms with E-state index in [1.807, 2.05) is 6.92 Å². The molecular weight excluding hydrogens is 144 g/mol. The van der Waals surface area contributed by atoms with Gasteiger partial charge in [0.15, 0.2) is 0 Å². The summed E-state index contributed by atoms with van der Waals surface area (Å²) < 4.78 is 0. The lowest BCUT2D eigenvalue weighted by atomic mass is 10.0. The molecule has 1 unspecified atom stereocenters. The van der Waals surface area contributed by atoms with Gasteiger partial charge in [-0.25, -0.2) is 0 Å². The molecule has 0 saturated heterocycles. The monoisotopic (exact) mass is 157 g/mol. The van der Waals surface area contributed by atoms with Gasteiger partial charge in [0.1, 0.15) is 0 Å². The second kappa shape index (κ2) is 3.97. The molecule has 0 heterocycles. The molecule has 1 radical (unpaired) electrons. The Morgan fingerprint density at radius 2 is 1.92 bits per heavy atom. The Labute approximate surface area is 74.6 Å². The van der Waals surface area contributed by atoms with Crippen molar-refractivity contribution in [2.75, 3.05) is 0 Å². The number of rotatable bonds is 2. The lowest BCUT2D eigenvalue weighted by Crippen LogP contribution is -1.89. The Kier molecular flexibility index (Phi) is 2.94. The minimum Gasteiger partial charge on any atom is -0.0812 e. The lowest BCUT2D eigenvalue weighted by molar-refractivity contribution is 0.997. The number of hydrogen-bond acceptors (Lipinski definition) is 0. The van der Waals surface area contributed by atoms with Crippen LogP contribution in [0.4, 0.5) is 0 Å². The van der Waals surface area contributed by atoms with Gasteiger partial charge in [0.05, 0.1) is 0 Å². The van der Waals surface area contributed by atoms with Gasteiger partial charge in [0.25, 0.3) is 0 Å². The van der Waals surface area contributed by atoms with Crippen molar-refractivity contribution in [1.29, 1.82) is 0 Å². The molecule has 0 spiro atoms. The molecule has 61 valence electrons. The van der Waals surface area contributed by atoms with E-state index in [0.29, 0.717) is 0 Å². The second-order valence-electron chi connectivity index (χ2n) is 2.96. The van der Waals surface area contributed by atoms with Gasteiger partial charge in [-0.2, -0.15) is 0 Å². The van der Waals surface area contributed by atoms with Crippen molar-refractivity contribution in [1.82, 2.24) is 0 Å². The molecule has 1 rings (SSSR count). The van der Waals surface area contributed by atoms with Gasteiger partial charge in [-0.3, -0.25) is 0 Å². The average molecular weight is 157 g/mol. The molecule has 0 aromatic heterocycles. The Balaban J connectivity index is 2.86. The normalized spacial score (nSPS) is 12.1. The summed E-state index contributed by atoms with van der Waals surface area (Å²) in [6.45, 7) is 4.12. The first kappa shape index (κ1) is 8.87. The summed E-state index contributed by atoms with van der Waals surface area (Å²) in [7, 11) is 0. The zero-order valence-electron chi connectivity index (χ0n) is 7.59. The highest BCUT2D eigenvalue weighted by atomic mass is 14.0. The summed E-state index contributed by atoms with van der Waals surface area (Å²) in [6, 6.07) is 8.38. The molecule has 1 aromatic carbocycles. The topological polar surface area (TPSA) is 0 Å². The third kappa shape index (κ3) is 1.89. The fourth-order valence-electron chi connectivity index (χ4n) is 1.13. The van der Waals surface area contributed by atoms with Crippen molar-refractivity contribution in [3.63, 3.8) is 0 Å². The van der Waals surface area contributed by atoms with Gasteiger partial charge in [-0.15, -0.1) is 0 Å². The number of aryl methyl sites for hydroxylation is 1. The van der Waals surface area contributed by atoms with Gasteiger partial charge < -0.3 is 0 Å². The fraction of sp³-hybridized carbons (Fsp3) is 0.333. The lowest BCUT2D eigenvalue weighted by Gasteiger charge is -2.04. The molecule has 1 aromatic rings. The highest BCUT2D eigenvalue weighted by Crippen LogP contribution is 2.14. The van der Waals surface area contributed by atoms with Gasteiger partial charge >= 0.3 is 0 Å². The van der Waals surface area contributed by atoms with E-state index < -0.39 is 0 Å². The maximum Gasteiger partial charge on any atom is 0.0434 e. The minimum absolute atomic E-state index is 0.121. The molecule has 0 aliphatic heterocycles. The summed E-state index contributed by atoms with van der Waals surface area (Å²) in [5.41, 5.74) is 2.51. The molecule has 1 atom stereocenters. The maximum atomic E-state index is 6.99. The number of benzene rings is 1. The summed E-state index contributed by atoms with van der Waals surface area (Å²) in [4.78, 5) is 0. The van der Waals surface area contributed by atoms with Crippen molar-refractivity contribution in [3.8, 4) is 5.92 Å². The molecule has 0 saturated carbocycles. The molecule has 0 fully saturated rings. The SMILES string of the molecule is [C]#CC(C)c1ccc(CC)cc1. The standard InChI is InChI=1S/C12H13/c1-4-10(3)12-8-6-11(5-2)7-9-12/h6-10H,5H2,2-3H3. The Hall–Kier alpha value is -1.22. The highest BCUT2D eigenvalue weighted by Gasteiger charge is 1.99. The Morgan fingerprint density at radius 1 is 1.33 bits per heavy atom. The van der Waals surface area contributed by atoms with Crippen LogP contribution in [0.25, 0.3) is 0 Å². The first-order valence-electron chi connectivity index (χ1n) is 4.29. The fourth-order valence-corrected chi connectivity index (χ4v) is 1.13. The van der Waals surface area contributed by atoms with Crippen molar-refractivity contribution in [2.45, 2.75) is 26.2 Å². The number of hydrogen-bond donors (Lipinski definition) is 0. The summed E-state index contributed by atoms with van der Waals surface area (Å²) in [6.07, 6.45) is 8.07. The maximum absolute atomic E-state index is 6.99. The van der Waals surface area contributed by atoms with Crippen LogP contribution in [0.15, 0.2) is 24.3 Å². The van der Waals surface area contributed by atoms with Crippen molar-refractivity contribution in [3.05, 3.63) is 41.8 Å². The van der Waals surface area contributed by atoms with Crippen LogP contribution in [0.2, 0.25) is 0 Å². The van der Waals surface area contributed by atoms with Gasteiger partial charge in [-0.05, 0) is 30.9 Å². The van der Waals surface area contributed by atoms with E-state index in [0.717, 1.165) is 6.42 Å². The zero-order valence-corrected chi connectivity index (χ0v) is 7.59. The molecule has 0 amide bonds. The molecule has 0 bridgehead atoms. The first-order chi connectivity index (χ1) is 5.77. The van der Waals surface area contributed by atoms with E-state index in [4.69, 9.17) is 6.42 Å². The second-order valence-corrected chi connectivity index (χ2v) is 2.96. The largest absolute Gasteiger partial charge is 0.0812 e. The minimum atomic E-state index is 0.121. The van der Waals surface area contributed by atoms with Gasteiger partial charge in [-0.1, -0.05) is 37.1 Å². The van der Waals surface area contributed by atoms with E-state index in [-0.39, 0.29) is 5.92 Å². The first-order valence-corrected chi connectivity index (χ1v) is 4.29. The summed E-state index contributed by atoms with van der Waals surface area (Å²) in [5, 5.41) is 0. The molecular formula is C12H13. The van der Waals surface area contributed by atoms with Crippen molar-refractivity contribution in [2.24, 2.45) is 0 Å². The van der Waals surface area contributed by atoms with Gasteiger partial charge in [0.2, 0.25) is 0 Å². The van der Waals surface area contributed by atoms with Crippen molar-refractivity contribution >= 4 is 0 Å². The summed E-state index contributed by atoms with van der Waals surface area (Å²) >= 11 is 0. The van der Waals surface area contributed by atoms with E-state index in [9.17, 15) is 0 Å². The molecule has 12 heavy (non-hydrogen) atoms. The van der Waals surface area contributed by atoms with Crippen LogP contribution in [0.5, 0.6) is 0 Å².